The fourth-order valence-corrected chi connectivity index (χ4v) is 8.91. The number of unbranched alkanes of at least 4 members (excludes halogenated alkanes) is 2. The van der Waals surface area contributed by atoms with E-state index in [0.29, 0.717) is 35.8 Å². The predicted octanol–water partition coefficient (Wildman–Crippen LogP) is 7.29. The fourth-order valence-electron chi connectivity index (χ4n) is 7.88. The van der Waals surface area contributed by atoms with Crippen molar-refractivity contribution in [2.45, 2.75) is 104 Å². The Balaban J connectivity index is 0.870. The zero-order chi connectivity index (χ0) is 48.3. The van der Waals surface area contributed by atoms with Crippen LogP contribution >= 0.6 is 22.9 Å². The van der Waals surface area contributed by atoms with Crippen molar-refractivity contribution >= 4 is 52.3 Å². The number of nitriles is 1. The number of likely N-dealkylation sites (tertiary alicyclic amines) is 1. The smallest absolute Gasteiger partial charge is 0.251 e. The molecule has 3 aromatic carbocycles. The molecular formula is C50H60ClN9O6S. The first-order chi connectivity index (χ1) is 32.0. The Morgan fingerprint density at radius 1 is 0.970 bits per heavy atom. The predicted molar refractivity (Wildman–Crippen MR) is 260 cm³/mol. The summed E-state index contributed by atoms with van der Waals surface area (Å²) in [6.07, 6.45) is 3.50. The number of ether oxygens (including phenoxy) is 1. The minimum Gasteiger partial charge on any atom is -0.391 e. The normalized spacial score (nSPS) is 16.1. The van der Waals surface area contributed by atoms with Gasteiger partial charge in [0.25, 0.3) is 5.91 Å². The number of nitrogens with one attached hydrogen (secondary N) is 4. The van der Waals surface area contributed by atoms with Crippen LogP contribution in [-0.2, 0) is 25.7 Å². The van der Waals surface area contributed by atoms with Crippen molar-refractivity contribution in [3.8, 4) is 27.8 Å². The summed E-state index contributed by atoms with van der Waals surface area (Å²) in [6.45, 7) is 12.6. The Morgan fingerprint density at radius 2 is 1.70 bits per heavy atom. The number of carbonyl (C=O) groups is 4. The highest BCUT2D eigenvalue weighted by atomic mass is 35.5. The molecule has 4 amide bonds. The van der Waals surface area contributed by atoms with E-state index >= 15 is 0 Å². The van der Waals surface area contributed by atoms with Gasteiger partial charge in [0.2, 0.25) is 17.7 Å². The maximum absolute atomic E-state index is 14.0. The van der Waals surface area contributed by atoms with Crippen LogP contribution in [0.25, 0.3) is 21.7 Å². The molecule has 5 aromatic rings. The number of hydrogen-bond donors (Lipinski definition) is 5. The summed E-state index contributed by atoms with van der Waals surface area (Å²) in [5.74, 6) is -1.43. The van der Waals surface area contributed by atoms with Gasteiger partial charge in [-0.05, 0) is 99.0 Å². The molecule has 0 saturated carbocycles. The molecule has 1 aliphatic heterocycles. The van der Waals surface area contributed by atoms with Crippen molar-refractivity contribution in [3.05, 3.63) is 112 Å². The van der Waals surface area contributed by atoms with Gasteiger partial charge < -0.3 is 36.0 Å². The van der Waals surface area contributed by atoms with Crippen LogP contribution in [0.1, 0.15) is 93.5 Å². The Bertz CT molecular complexity index is 2530. The van der Waals surface area contributed by atoms with Gasteiger partial charge in [-0.25, -0.2) is 4.98 Å². The highest BCUT2D eigenvalue weighted by Crippen LogP contribution is 2.30. The second kappa shape index (κ2) is 23.1. The zero-order valence-corrected chi connectivity index (χ0v) is 40.4. The molecule has 3 heterocycles. The standard InChI is InChI=1S/C50H60ClN9O6S/c1-31(27-59-22-20-42(58-59)37-14-15-38(26-52)41(51)24-37)55-47(63)36-16-18-39(19-17-36)53-21-8-7-9-23-66-29-44(62)57-46(50(4,5)6)49(65)60-28-40(61)25-43(60)48(64)56-32(2)34-10-12-35(13-11-34)45-33(3)54-30-67-45/h10-20,22,24,30-32,40,43,46,53,61H,7-9,21,23,25,27-29H2,1-6H3,(H,55,63)(H,56,64)(H,57,62)/t31?,32-,40+,43?,46+/m0/s1. The number of nitrogens with zero attached hydrogens (tertiary/aromatic N) is 5. The van der Waals surface area contributed by atoms with Crippen molar-refractivity contribution in [1.82, 2.24) is 35.6 Å². The minimum absolute atomic E-state index is 0.0133. The summed E-state index contributed by atoms with van der Waals surface area (Å²) in [7, 11) is 0. The lowest BCUT2D eigenvalue weighted by molar-refractivity contribution is -0.144. The Labute approximate surface area is 401 Å². The molecule has 1 aliphatic rings. The SMILES string of the molecule is Cc1ncsc1-c1ccc([C@H](C)NC(=O)C2C[C@@H](O)CN2C(=O)[C@@H](NC(=O)COCCCCCNc2ccc(C(=O)NC(C)Cn3ccc(-c4ccc(C#N)c(Cl)c4)n3)cc2)C(C)(C)C)cc1. The molecule has 0 spiro atoms. The molecular weight excluding hydrogens is 890 g/mol. The third kappa shape index (κ3) is 13.7. The number of aryl methyl sites for hydroxylation is 1. The second-order valence-corrected chi connectivity index (χ2v) is 19.4. The lowest BCUT2D eigenvalue weighted by atomic mass is 9.85. The van der Waals surface area contributed by atoms with E-state index in [9.17, 15) is 24.3 Å². The number of anilines is 1. The van der Waals surface area contributed by atoms with E-state index in [0.717, 1.165) is 57.9 Å². The number of rotatable bonds is 20. The Hall–Kier alpha value is -6.12. The number of aliphatic hydroxyl groups is 1. The van der Waals surface area contributed by atoms with Gasteiger partial charge in [0, 0.05) is 55.2 Å². The minimum atomic E-state index is -0.951. The lowest BCUT2D eigenvalue weighted by Crippen LogP contribution is -2.58. The van der Waals surface area contributed by atoms with Crippen LogP contribution in [0.3, 0.4) is 0 Å². The van der Waals surface area contributed by atoms with Crippen LogP contribution in [0.15, 0.2) is 84.5 Å². The monoisotopic (exact) mass is 949 g/mol. The van der Waals surface area contributed by atoms with Crippen molar-refractivity contribution in [2.24, 2.45) is 5.41 Å². The molecule has 2 unspecified atom stereocenters. The van der Waals surface area contributed by atoms with Crippen LogP contribution in [0, 0.1) is 23.7 Å². The van der Waals surface area contributed by atoms with Gasteiger partial charge in [0.05, 0.1) is 51.1 Å². The molecule has 0 bridgehead atoms. The number of aliphatic hydroxyl groups excluding tert-OH is 1. The van der Waals surface area contributed by atoms with Gasteiger partial charge in [-0.15, -0.1) is 11.3 Å². The van der Waals surface area contributed by atoms with E-state index in [2.05, 4.69) is 37.4 Å². The van der Waals surface area contributed by atoms with Crippen LogP contribution in [0.2, 0.25) is 5.02 Å². The molecule has 1 fully saturated rings. The lowest BCUT2D eigenvalue weighted by Gasteiger charge is -2.35. The van der Waals surface area contributed by atoms with Crippen molar-refractivity contribution < 1.29 is 29.0 Å². The number of hydrogen-bond acceptors (Lipinski definition) is 11. The third-order valence-electron chi connectivity index (χ3n) is 11.6. The average molecular weight is 951 g/mol. The van der Waals surface area contributed by atoms with Gasteiger partial charge in [0.1, 0.15) is 24.8 Å². The maximum Gasteiger partial charge on any atom is 0.251 e. The van der Waals surface area contributed by atoms with E-state index in [1.54, 1.807) is 46.4 Å². The molecule has 6 rings (SSSR count). The Kier molecular flexibility index (Phi) is 17.3. The molecule has 0 aliphatic carbocycles. The number of aromatic nitrogens is 3. The van der Waals surface area contributed by atoms with Crippen molar-refractivity contribution in [3.63, 3.8) is 0 Å². The molecule has 1 saturated heterocycles. The number of carbonyl (C=O) groups excluding carboxylic acids is 4. The molecule has 0 radical (unpaired) electrons. The van der Waals surface area contributed by atoms with Gasteiger partial charge in [-0.1, -0.05) is 62.7 Å². The quantitative estimate of drug-likeness (QED) is 0.0493. The van der Waals surface area contributed by atoms with Crippen molar-refractivity contribution in [2.75, 3.05) is 31.6 Å². The number of thiazole rings is 1. The molecule has 5 N–H and O–H groups in total. The largest absolute Gasteiger partial charge is 0.391 e. The van der Waals surface area contributed by atoms with E-state index in [1.165, 1.54) is 4.90 Å². The van der Waals surface area contributed by atoms with Gasteiger partial charge in [-0.3, -0.25) is 23.9 Å². The fraction of sp³-hybridized carbons (Fsp3) is 0.420. The van der Waals surface area contributed by atoms with Crippen molar-refractivity contribution in [1.29, 1.82) is 5.26 Å². The van der Waals surface area contributed by atoms with Crippen LogP contribution < -0.4 is 21.3 Å². The van der Waals surface area contributed by atoms with Gasteiger partial charge in [0.15, 0.2) is 0 Å². The van der Waals surface area contributed by atoms with Gasteiger partial charge in [-0.2, -0.15) is 10.4 Å². The Morgan fingerprint density at radius 3 is 2.37 bits per heavy atom. The molecule has 15 nitrogen and oxygen atoms in total. The summed E-state index contributed by atoms with van der Waals surface area (Å²) in [5, 5.41) is 37.0. The number of β-amino-alcohol motifs (C(OH)–C–C–N with tert-alkyl or cyclic N) is 1. The maximum atomic E-state index is 14.0. The number of benzene rings is 3. The molecule has 67 heavy (non-hydrogen) atoms. The highest BCUT2D eigenvalue weighted by Gasteiger charge is 2.44. The van der Waals surface area contributed by atoms with Crippen LogP contribution in [0.5, 0.6) is 0 Å². The van der Waals surface area contributed by atoms with Crippen LogP contribution in [0.4, 0.5) is 5.69 Å². The van der Waals surface area contributed by atoms with E-state index in [4.69, 9.17) is 21.6 Å². The topological polar surface area (TPSA) is 204 Å². The first kappa shape index (κ1) is 50.3. The third-order valence-corrected chi connectivity index (χ3v) is 12.9. The first-order valence-electron chi connectivity index (χ1n) is 22.6. The summed E-state index contributed by atoms with van der Waals surface area (Å²) < 4.78 is 7.44. The van der Waals surface area contributed by atoms with Gasteiger partial charge >= 0.3 is 0 Å². The highest BCUT2D eigenvalue weighted by molar-refractivity contribution is 7.13. The first-order valence-corrected chi connectivity index (χ1v) is 23.8. The summed E-state index contributed by atoms with van der Waals surface area (Å²) in [5.41, 5.74) is 7.39. The summed E-state index contributed by atoms with van der Waals surface area (Å²) >= 11 is 7.76. The molecule has 5 atom stereocenters. The average Bonchev–Trinajstić information content (AvgIpc) is 4.06. The summed E-state index contributed by atoms with van der Waals surface area (Å²) in [4.78, 5) is 60.5. The number of halogens is 1. The van der Waals surface area contributed by atoms with E-state index < -0.39 is 35.4 Å². The number of amides is 4. The summed E-state index contributed by atoms with van der Waals surface area (Å²) in [6, 6.07) is 21.9. The molecule has 354 valence electrons. The second-order valence-electron chi connectivity index (χ2n) is 18.1. The molecule has 2 aromatic heterocycles. The zero-order valence-electron chi connectivity index (χ0n) is 38.8. The molecule has 17 heteroatoms. The van der Waals surface area contributed by atoms with Crippen LogP contribution in [-0.4, -0.2) is 98.9 Å². The van der Waals surface area contributed by atoms with E-state index in [1.807, 2.05) is 95.7 Å². The van der Waals surface area contributed by atoms with E-state index in [-0.39, 0.29) is 43.5 Å².